The fraction of sp³-hybridized carbons (Fsp3) is 0.750. The molecule has 33 heavy (non-hydrogen) atoms. The van der Waals surface area contributed by atoms with E-state index in [1.165, 1.54) is 45.3 Å². The molecule has 0 radical (unpaired) electrons. The first kappa shape index (κ1) is 24.6. The molecule has 3 unspecified atom stereocenters. The first-order valence-corrected chi connectivity index (χ1v) is 12.6. The van der Waals surface area contributed by atoms with Crippen LogP contribution in [0.15, 0.2) is 18.2 Å². The number of nitrogens with zero attached hydrogens (tertiary/aromatic N) is 4. The van der Waals surface area contributed by atoms with E-state index in [1.54, 1.807) is 6.07 Å². The van der Waals surface area contributed by atoms with Crippen LogP contribution >= 0.6 is 0 Å². The second-order valence-corrected chi connectivity index (χ2v) is 9.68. The minimum absolute atomic E-state index is 0.205. The molecule has 0 amide bonds. The van der Waals surface area contributed by atoms with Crippen molar-refractivity contribution in [2.24, 2.45) is 17.2 Å². The van der Waals surface area contributed by atoms with Gasteiger partial charge in [0.2, 0.25) is 0 Å². The van der Waals surface area contributed by atoms with Crippen LogP contribution in [-0.2, 0) is 0 Å². The Morgan fingerprint density at radius 1 is 0.970 bits per heavy atom. The molecular weight excluding hydrogens is 421 g/mol. The number of ether oxygens (including phenoxy) is 1. The van der Waals surface area contributed by atoms with E-state index < -0.39 is 18.4 Å². The van der Waals surface area contributed by atoms with Crippen LogP contribution in [0.25, 0.3) is 0 Å². The van der Waals surface area contributed by atoms with Gasteiger partial charge in [0.05, 0.1) is 7.11 Å². The molecule has 9 heteroatoms. The van der Waals surface area contributed by atoms with E-state index in [0.29, 0.717) is 11.7 Å². The zero-order valence-corrected chi connectivity index (χ0v) is 20.2. The lowest BCUT2D eigenvalue weighted by molar-refractivity contribution is -0.0917. The summed E-state index contributed by atoms with van der Waals surface area (Å²) in [5, 5.41) is 0. The molecule has 2 saturated heterocycles. The molecule has 8 nitrogen and oxygen atoms in total. The topological polar surface area (TPSA) is 100 Å². The summed E-state index contributed by atoms with van der Waals surface area (Å²) in [5.41, 5.74) is 21.3. The van der Waals surface area contributed by atoms with Gasteiger partial charge in [-0.3, -0.25) is 16.4 Å². The molecule has 1 aromatic carbocycles. The van der Waals surface area contributed by atoms with Gasteiger partial charge in [-0.1, -0.05) is 32.6 Å². The predicted molar refractivity (Wildman–Crippen MR) is 130 cm³/mol. The fourth-order valence-corrected chi connectivity index (χ4v) is 6.03. The Morgan fingerprint density at radius 2 is 1.70 bits per heavy atom. The van der Waals surface area contributed by atoms with E-state index in [9.17, 15) is 4.39 Å². The molecule has 4 rings (SSSR count). The van der Waals surface area contributed by atoms with Crippen LogP contribution in [0.1, 0.15) is 58.3 Å². The number of hydrogen-bond acceptors (Lipinski definition) is 8. The number of benzene rings is 1. The van der Waals surface area contributed by atoms with Gasteiger partial charge in [0.1, 0.15) is 18.9 Å². The summed E-state index contributed by atoms with van der Waals surface area (Å²) in [6, 6.07) is 5.62. The summed E-state index contributed by atoms with van der Waals surface area (Å²) >= 11 is 0. The van der Waals surface area contributed by atoms with Crippen LogP contribution in [-0.4, -0.2) is 72.4 Å². The highest BCUT2D eigenvalue weighted by Crippen LogP contribution is 2.34. The Bertz CT molecular complexity index is 775. The van der Waals surface area contributed by atoms with Crippen LogP contribution in [0, 0.1) is 5.82 Å². The summed E-state index contributed by atoms with van der Waals surface area (Å²) in [6.45, 7) is 5.09. The highest BCUT2D eigenvalue weighted by atomic mass is 19.1. The van der Waals surface area contributed by atoms with E-state index in [4.69, 9.17) is 21.9 Å². The van der Waals surface area contributed by atoms with Crippen molar-refractivity contribution in [2.45, 2.75) is 89.2 Å². The lowest BCUT2D eigenvalue weighted by Gasteiger charge is -2.57. The number of hydrogen-bond donors (Lipinski definition) is 3. The number of rotatable bonds is 6. The second-order valence-electron chi connectivity index (χ2n) is 9.68. The SMILES string of the molecule is CCN1CCC[C@@H]1CN1C(N)N(c2ccc(OC)c(F)c2)C(N)N(C2CCCCCC2)C1N. The molecule has 1 saturated carbocycles. The van der Waals surface area contributed by atoms with E-state index in [2.05, 4.69) is 21.6 Å². The van der Waals surface area contributed by atoms with Gasteiger partial charge < -0.3 is 15.4 Å². The van der Waals surface area contributed by atoms with Crippen LogP contribution in [0.4, 0.5) is 10.1 Å². The van der Waals surface area contributed by atoms with Crippen LogP contribution in [0.2, 0.25) is 0 Å². The zero-order valence-electron chi connectivity index (χ0n) is 20.2. The summed E-state index contributed by atoms with van der Waals surface area (Å²) < 4.78 is 19.8. The summed E-state index contributed by atoms with van der Waals surface area (Å²) in [4.78, 5) is 8.81. The number of likely N-dealkylation sites (N-methyl/N-ethyl adjacent to an activating group) is 1. The largest absolute Gasteiger partial charge is 0.494 e. The quantitative estimate of drug-likeness (QED) is 0.552. The molecule has 1 aliphatic carbocycles. The van der Waals surface area contributed by atoms with Gasteiger partial charge in [-0.15, -0.1) is 0 Å². The molecular formula is C24H42FN7O. The number of halogens is 1. The smallest absolute Gasteiger partial charge is 0.167 e. The first-order valence-electron chi connectivity index (χ1n) is 12.6. The van der Waals surface area contributed by atoms with Crippen LogP contribution in [0.3, 0.4) is 0 Å². The maximum Gasteiger partial charge on any atom is 0.167 e. The molecule has 6 N–H and O–H groups in total. The Kier molecular flexibility index (Phi) is 8.09. The second kappa shape index (κ2) is 10.8. The minimum Gasteiger partial charge on any atom is -0.494 e. The number of likely N-dealkylation sites (tertiary alicyclic amines) is 1. The van der Waals surface area contributed by atoms with Gasteiger partial charge in [0, 0.05) is 30.4 Å². The van der Waals surface area contributed by atoms with E-state index in [1.807, 2.05) is 11.0 Å². The Labute approximate surface area is 197 Å². The standard InChI is InChI=1S/C24H42FN7O/c1-3-29-14-8-11-19(29)16-30-22(26)31(17-9-6-4-5-7-10-17)24(28)32(23(30)27)18-12-13-21(33-2)20(25)15-18/h12-13,15,17,19,22-24H,3-11,14,16,26-28H2,1-2H3/t19-,22?,23?,24?/m1/s1. The van der Waals surface area contributed by atoms with Gasteiger partial charge in [-0.05, 0) is 50.9 Å². The molecule has 2 heterocycles. The third kappa shape index (κ3) is 4.99. The van der Waals surface area contributed by atoms with Crippen molar-refractivity contribution < 1.29 is 9.13 Å². The maximum atomic E-state index is 14.7. The Balaban J connectivity index is 1.67. The van der Waals surface area contributed by atoms with Gasteiger partial charge in [-0.2, -0.15) is 0 Å². The monoisotopic (exact) mass is 463 g/mol. The third-order valence-corrected chi connectivity index (χ3v) is 7.87. The van der Waals surface area contributed by atoms with Crippen molar-refractivity contribution in [1.29, 1.82) is 0 Å². The van der Waals surface area contributed by atoms with Crippen molar-refractivity contribution in [1.82, 2.24) is 14.7 Å². The fourth-order valence-electron chi connectivity index (χ4n) is 6.03. The van der Waals surface area contributed by atoms with Gasteiger partial charge in [0.25, 0.3) is 0 Å². The first-order chi connectivity index (χ1) is 16.0. The minimum atomic E-state index is -0.552. The Hall–Kier alpha value is -1.49. The van der Waals surface area contributed by atoms with Gasteiger partial charge >= 0.3 is 0 Å². The van der Waals surface area contributed by atoms with E-state index >= 15 is 0 Å². The third-order valence-electron chi connectivity index (χ3n) is 7.87. The van der Waals surface area contributed by atoms with Crippen molar-refractivity contribution >= 4 is 5.69 Å². The lowest BCUT2D eigenvalue weighted by atomic mass is 10.1. The number of nitrogens with two attached hydrogens (primary N) is 3. The summed E-state index contributed by atoms with van der Waals surface area (Å²) in [6.07, 6.45) is 7.85. The molecule has 4 atom stereocenters. The molecule has 0 aromatic heterocycles. The molecule has 3 fully saturated rings. The predicted octanol–water partition coefficient (Wildman–Crippen LogP) is 2.19. The Morgan fingerprint density at radius 3 is 2.33 bits per heavy atom. The van der Waals surface area contributed by atoms with Gasteiger partial charge in [0.15, 0.2) is 11.6 Å². The van der Waals surface area contributed by atoms with Crippen molar-refractivity contribution in [2.75, 3.05) is 31.6 Å². The molecule has 186 valence electrons. The number of anilines is 1. The molecule has 0 bridgehead atoms. The number of methoxy groups -OCH3 is 1. The summed E-state index contributed by atoms with van der Waals surface area (Å²) in [5.74, 6) is -0.221. The highest BCUT2D eigenvalue weighted by Gasteiger charge is 2.46. The van der Waals surface area contributed by atoms with Gasteiger partial charge in [-0.25, -0.2) is 14.2 Å². The van der Waals surface area contributed by atoms with Crippen molar-refractivity contribution in [3.05, 3.63) is 24.0 Å². The summed E-state index contributed by atoms with van der Waals surface area (Å²) in [7, 11) is 1.46. The van der Waals surface area contributed by atoms with Crippen LogP contribution < -0.4 is 26.8 Å². The normalized spacial score (nSPS) is 31.2. The van der Waals surface area contributed by atoms with Crippen LogP contribution in [0.5, 0.6) is 5.75 Å². The maximum absolute atomic E-state index is 14.7. The van der Waals surface area contributed by atoms with E-state index in [0.717, 1.165) is 38.9 Å². The highest BCUT2D eigenvalue weighted by molar-refractivity contribution is 5.51. The molecule has 0 spiro atoms. The average molecular weight is 464 g/mol. The molecule has 2 aliphatic heterocycles. The molecule has 1 aromatic rings. The average Bonchev–Trinajstić information content (AvgIpc) is 3.09. The van der Waals surface area contributed by atoms with Crippen molar-refractivity contribution in [3.63, 3.8) is 0 Å². The van der Waals surface area contributed by atoms with E-state index in [-0.39, 0.29) is 18.1 Å². The zero-order chi connectivity index (χ0) is 23.5. The lowest BCUT2D eigenvalue weighted by Crippen LogP contribution is -2.80. The van der Waals surface area contributed by atoms with Crippen molar-refractivity contribution in [3.8, 4) is 5.75 Å². The molecule has 3 aliphatic rings.